The molecule has 0 amide bonds. The fourth-order valence-electron chi connectivity index (χ4n) is 0.700. The largest absolute Gasteiger partial charge is 0.415 e. The van der Waals surface area contributed by atoms with Crippen LogP contribution in [-0.4, -0.2) is 4.98 Å². The van der Waals surface area contributed by atoms with E-state index in [1.165, 1.54) is 0 Å². The summed E-state index contributed by atoms with van der Waals surface area (Å²) in [6.45, 7) is 3.79. The van der Waals surface area contributed by atoms with Crippen LogP contribution in [-0.2, 0) is 0 Å². The quantitative estimate of drug-likeness (QED) is 0.694. The fraction of sp³-hybridized carbons (Fsp3) is 0.286. The van der Waals surface area contributed by atoms with Crippen LogP contribution in [0.3, 0.4) is 0 Å². The molecule has 0 spiro atoms. The number of aryl methyl sites for hydroxylation is 2. The Hall–Kier alpha value is -0.570. The molecule has 0 saturated heterocycles. The normalized spacial score (nSPS) is 9.50. The van der Waals surface area contributed by atoms with Crippen molar-refractivity contribution in [3.63, 3.8) is 0 Å². The zero-order valence-corrected chi connectivity index (χ0v) is 7.40. The standard InChI is InChI=1S/C7H7BrNO/c1-5-3-4-7(10-8)6(2)9-5/h3H,1-2H3. The van der Waals surface area contributed by atoms with Crippen LogP contribution in [0.15, 0.2) is 6.07 Å². The van der Waals surface area contributed by atoms with Crippen molar-refractivity contribution in [2.75, 3.05) is 0 Å². The second kappa shape index (κ2) is 3.01. The van der Waals surface area contributed by atoms with Gasteiger partial charge in [0.2, 0.25) is 0 Å². The first-order chi connectivity index (χ1) is 4.74. The van der Waals surface area contributed by atoms with Crippen LogP contribution in [0.5, 0.6) is 5.75 Å². The Bertz CT molecular complexity index is 237. The van der Waals surface area contributed by atoms with Crippen molar-refractivity contribution in [1.82, 2.24) is 4.98 Å². The molecule has 2 nitrogen and oxygen atoms in total. The van der Waals surface area contributed by atoms with E-state index in [2.05, 4.69) is 27.3 Å². The summed E-state index contributed by atoms with van der Waals surface area (Å²) in [6.07, 6.45) is 0. The Morgan fingerprint density at radius 3 is 2.80 bits per heavy atom. The third-order valence-electron chi connectivity index (χ3n) is 1.16. The highest BCUT2D eigenvalue weighted by Crippen LogP contribution is 2.15. The zero-order valence-electron chi connectivity index (χ0n) is 5.81. The van der Waals surface area contributed by atoms with E-state index in [-0.39, 0.29) is 0 Å². The SMILES string of the molecule is Cc1c[c]c(OBr)c(C)n1. The Kier molecular flexibility index (Phi) is 2.27. The maximum atomic E-state index is 4.79. The molecule has 1 aromatic heterocycles. The van der Waals surface area contributed by atoms with E-state index in [9.17, 15) is 0 Å². The molecule has 0 aliphatic carbocycles. The third-order valence-corrected chi connectivity index (χ3v) is 1.49. The second-order valence-corrected chi connectivity index (χ2v) is 2.36. The maximum Gasteiger partial charge on any atom is 0.179 e. The Balaban J connectivity index is 3.07. The number of hydrogen-bond donors (Lipinski definition) is 0. The molecule has 3 heteroatoms. The first kappa shape index (κ1) is 7.54. The lowest BCUT2D eigenvalue weighted by Gasteiger charge is -1.99. The highest BCUT2D eigenvalue weighted by molar-refractivity contribution is 9.06. The predicted molar refractivity (Wildman–Crippen MR) is 42.1 cm³/mol. The number of pyridine rings is 1. The van der Waals surface area contributed by atoms with Crippen LogP contribution in [0.4, 0.5) is 0 Å². The van der Waals surface area contributed by atoms with Gasteiger partial charge in [0.05, 0.1) is 5.69 Å². The molecule has 0 unspecified atom stereocenters. The van der Waals surface area contributed by atoms with Gasteiger partial charge in [-0.1, -0.05) is 0 Å². The molecule has 0 fully saturated rings. The smallest absolute Gasteiger partial charge is 0.179 e. The predicted octanol–water partition coefficient (Wildman–Crippen LogP) is 2.19. The number of hydrogen-bond acceptors (Lipinski definition) is 2. The van der Waals surface area contributed by atoms with E-state index in [0.29, 0.717) is 5.75 Å². The topological polar surface area (TPSA) is 22.1 Å². The first-order valence-corrected chi connectivity index (χ1v) is 3.53. The second-order valence-electron chi connectivity index (χ2n) is 2.03. The fourth-order valence-corrected chi connectivity index (χ4v) is 1.03. The van der Waals surface area contributed by atoms with Crippen LogP contribution >= 0.6 is 16.3 Å². The molecule has 0 aromatic carbocycles. The number of aromatic nitrogens is 1. The molecular formula is C7H7BrNO. The van der Waals surface area contributed by atoms with Gasteiger partial charge >= 0.3 is 0 Å². The third kappa shape index (κ3) is 1.48. The molecule has 0 atom stereocenters. The molecule has 1 aromatic rings. The Morgan fingerprint density at radius 2 is 2.30 bits per heavy atom. The van der Waals surface area contributed by atoms with Crippen LogP contribution in [0, 0.1) is 19.9 Å². The van der Waals surface area contributed by atoms with Crippen molar-refractivity contribution >= 4 is 16.3 Å². The monoisotopic (exact) mass is 200 g/mol. The minimum Gasteiger partial charge on any atom is -0.415 e. The summed E-state index contributed by atoms with van der Waals surface area (Å²) in [5, 5.41) is 0. The highest BCUT2D eigenvalue weighted by Gasteiger charge is 1.98. The molecule has 0 aliphatic rings. The molecule has 0 saturated carbocycles. The highest BCUT2D eigenvalue weighted by atomic mass is 79.9. The number of rotatable bonds is 1. The van der Waals surface area contributed by atoms with Gasteiger partial charge in [0.25, 0.3) is 0 Å². The van der Waals surface area contributed by atoms with Gasteiger partial charge in [0.1, 0.15) is 0 Å². The van der Waals surface area contributed by atoms with Gasteiger partial charge in [0.15, 0.2) is 22.0 Å². The summed E-state index contributed by atoms with van der Waals surface area (Å²) in [6, 6.07) is 4.70. The summed E-state index contributed by atoms with van der Waals surface area (Å²) < 4.78 is 4.79. The van der Waals surface area contributed by atoms with Gasteiger partial charge in [-0.3, -0.25) is 4.98 Å². The van der Waals surface area contributed by atoms with Gasteiger partial charge in [0, 0.05) is 11.8 Å². The summed E-state index contributed by atoms with van der Waals surface area (Å²) in [7, 11) is 0. The molecule has 0 bridgehead atoms. The van der Waals surface area contributed by atoms with E-state index in [4.69, 9.17) is 3.83 Å². The number of nitrogens with zero attached hydrogens (tertiary/aromatic N) is 1. The maximum absolute atomic E-state index is 4.79. The summed E-state index contributed by atoms with van der Waals surface area (Å²) >= 11 is 2.86. The van der Waals surface area contributed by atoms with E-state index in [0.717, 1.165) is 11.4 Å². The average molecular weight is 201 g/mol. The van der Waals surface area contributed by atoms with Crippen molar-refractivity contribution in [1.29, 1.82) is 0 Å². The van der Waals surface area contributed by atoms with Crippen LogP contribution in [0.25, 0.3) is 0 Å². The van der Waals surface area contributed by atoms with E-state index >= 15 is 0 Å². The van der Waals surface area contributed by atoms with Crippen molar-refractivity contribution < 1.29 is 3.83 Å². The molecule has 1 rings (SSSR count). The van der Waals surface area contributed by atoms with E-state index in [1.807, 2.05) is 13.8 Å². The van der Waals surface area contributed by atoms with Crippen LogP contribution in [0.1, 0.15) is 11.4 Å². The minimum absolute atomic E-state index is 0.644. The summed E-state index contributed by atoms with van der Waals surface area (Å²) in [5.41, 5.74) is 1.79. The van der Waals surface area contributed by atoms with Crippen molar-refractivity contribution in [2.24, 2.45) is 0 Å². The van der Waals surface area contributed by atoms with Gasteiger partial charge < -0.3 is 3.83 Å². The van der Waals surface area contributed by atoms with Gasteiger partial charge in [-0.25, -0.2) is 0 Å². The molecule has 1 radical (unpaired) electrons. The van der Waals surface area contributed by atoms with Gasteiger partial charge in [-0.05, 0) is 19.9 Å². The first-order valence-electron chi connectivity index (χ1n) is 2.88. The van der Waals surface area contributed by atoms with Gasteiger partial charge in [-0.15, -0.1) is 0 Å². The zero-order chi connectivity index (χ0) is 7.56. The molecule has 1 heterocycles. The van der Waals surface area contributed by atoms with Crippen LogP contribution < -0.4 is 3.83 Å². The Morgan fingerprint density at radius 1 is 1.60 bits per heavy atom. The van der Waals surface area contributed by atoms with Crippen molar-refractivity contribution in [3.8, 4) is 5.75 Å². The van der Waals surface area contributed by atoms with E-state index in [1.54, 1.807) is 6.07 Å². The summed E-state index contributed by atoms with van der Waals surface area (Å²) in [4.78, 5) is 4.16. The van der Waals surface area contributed by atoms with Crippen LogP contribution in [0.2, 0.25) is 0 Å². The average Bonchev–Trinajstić information content (AvgIpc) is 1.88. The Labute approximate surface area is 68.7 Å². The van der Waals surface area contributed by atoms with Crippen molar-refractivity contribution in [3.05, 3.63) is 23.5 Å². The molecule has 10 heavy (non-hydrogen) atoms. The summed E-state index contributed by atoms with van der Waals surface area (Å²) in [5.74, 6) is 0.644. The molecule has 0 N–H and O–H groups in total. The lowest BCUT2D eigenvalue weighted by atomic mass is 10.3. The lowest BCUT2D eigenvalue weighted by Crippen LogP contribution is -1.88. The van der Waals surface area contributed by atoms with Gasteiger partial charge in [-0.2, -0.15) is 0 Å². The van der Waals surface area contributed by atoms with E-state index < -0.39 is 0 Å². The minimum atomic E-state index is 0.644. The molecule has 0 aliphatic heterocycles. The lowest BCUT2D eigenvalue weighted by molar-refractivity contribution is 0.661. The molecular weight excluding hydrogens is 194 g/mol. The van der Waals surface area contributed by atoms with Crippen molar-refractivity contribution in [2.45, 2.75) is 13.8 Å². The molecule has 53 valence electrons. The number of halogens is 1.